The molecule has 0 aliphatic heterocycles. The van der Waals surface area contributed by atoms with Crippen molar-refractivity contribution in [2.75, 3.05) is 0 Å². The lowest BCUT2D eigenvalue weighted by molar-refractivity contribution is -0.142. The average Bonchev–Trinajstić information content (AvgIpc) is 2.39. The molecule has 0 unspecified atom stereocenters. The van der Waals surface area contributed by atoms with Gasteiger partial charge in [0.25, 0.3) is 0 Å². The quantitative estimate of drug-likeness (QED) is 0.472. The van der Waals surface area contributed by atoms with Crippen LogP contribution >= 0.6 is 0 Å². The number of benzene rings is 1. The highest BCUT2D eigenvalue weighted by Crippen LogP contribution is 2.27. The zero-order chi connectivity index (χ0) is 16.9. The van der Waals surface area contributed by atoms with E-state index in [-0.39, 0.29) is 17.4 Å². The van der Waals surface area contributed by atoms with Crippen molar-refractivity contribution in [3.05, 3.63) is 34.4 Å². The minimum Gasteiger partial charge on any atom is -0.459 e. The van der Waals surface area contributed by atoms with E-state index in [1.807, 2.05) is 0 Å². The van der Waals surface area contributed by atoms with Crippen molar-refractivity contribution in [2.24, 2.45) is 0 Å². The summed E-state index contributed by atoms with van der Waals surface area (Å²) < 4.78 is 34.1. The molecule has 0 N–H and O–H groups in total. The molecule has 1 aromatic carbocycles. The molecule has 118 valence electrons. The number of alkyl halides is 2. The minimum atomic E-state index is -2.91. The van der Waals surface area contributed by atoms with Gasteiger partial charge in [-0.2, -0.15) is 14.0 Å². The number of hydrogen-bond donors (Lipinski definition) is 0. The maximum Gasteiger partial charge on any atom is 0.387 e. The lowest BCUT2D eigenvalue weighted by Crippen LogP contribution is -2.12. The molecule has 0 bridgehead atoms. The number of carbonyl (C=O) groups excluding carboxylic acids is 1. The molecular formula is C16H17F2NO3. The fraction of sp³-hybridized carbons (Fsp3) is 0.375. The molecule has 0 amide bonds. The van der Waals surface area contributed by atoms with Crippen molar-refractivity contribution in [2.45, 2.75) is 40.4 Å². The summed E-state index contributed by atoms with van der Waals surface area (Å²) in [4.78, 5) is 11.7. The largest absolute Gasteiger partial charge is 0.459 e. The minimum absolute atomic E-state index is 0.0930. The summed E-state index contributed by atoms with van der Waals surface area (Å²) in [5.41, 5.74) is 1.35. The molecule has 0 saturated heterocycles. The maximum absolute atomic E-state index is 12.3. The van der Waals surface area contributed by atoms with Gasteiger partial charge in [-0.25, -0.2) is 4.79 Å². The van der Waals surface area contributed by atoms with Crippen molar-refractivity contribution in [1.82, 2.24) is 0 Å². The topological polar surface area (TPSA) is 59.3 Å². The summed E-state index contributed by atoms with van der Waals surface area (Å²) in [6.07, 6.45) is 1.02. The van der Waals surface area contributed by atoms with Gasteiger partial charge in [-0.05, 0) is 62.6 Å². The van der Waals surface area contributed by atoms with E-state index >= 15 is 0 Å². The molecule has 0 saturated carbocycles. The highest BCUT2D eigenvalue weighted by Gasteiger charge is 2.14. The summed E-state index contributed by atoms with van der Waals surface area (Å²) in [7, 11) is 0. The molecule has 0 spiro atoms. The number of rotatable bonds is 5. The van der Waals surface area contributed by atoms with E-state index < -0.39 is 12.6 Å². The van der Waals surface area contributed by atoms with Crippen LogP contribution in [0.5, 0.6) is 5.75 Å². The molecule has 0 fully saturated rings. The first kappa shape index (κ1) is 17.6. The van der Waals surface area contributed by atoms with Gasteiger partial charge in [0.2, 0.25) is 0 Å². The van der Waals surface area contributed by atoms with E-state index in [9.17, 15) is 13.6 Å². The van der Waals surface area contributed by atoms with E-state index in [0.29, 0.717) is 16.7 Å². The maximum atomic E-state index is 12.3. The van der Waals surface area contributed by atoms with Crippen LogP contribution in [0, 0.1) is 25.2 Å². The zero-order valence-corrected chi connectivity index (χ0v) is 12.8. The number of nitriles is 1. The van der Waals surface area contributed by atoms with Crippen molar-refractivity contribution in [3.8, 4) is 11.8 Å². The van der Waals surface area contributed by atoms with Crippen molar-refractivity contribution >= 4 is 12.0 Å². The normalized spacial score (nSPS) is 11.5. The smallest absolute Gasteiger partial charge is 0.387 e. The van der Waals surface area contributed by atoms with Crippen LogP contribution in [0.3, 0.4) is 0 Å². The third-order valence-corrected chi connectivity index (χ3v) is 2.68. The van der Waals surface area contributed by atoms with E-state index in [4.69, 9.17) is 10.00 Å². The number of nitrogens with zero attached hydrogens (tertiary/aromatic N) is 1. The number of carbonyl (C=O) groups is 1. The SMILES string of the molecule is Cc1cc(/C=C(\C#N)C(=O)OC(C)C)cc(C)c1OC(F)F. The second-order valence-corrected chi connectivity index (χ2v) is 4.99. The summed E-state index contributed by atoms with van der Waals surface area (Å²) >= 11 is 0. The first-order chi connectivity index (χ1) is 10.2. The van der Waals surface area contributed by atoms with Crippen molar-refractivity contribution < 1.29 is 23.0 Å². The Bertz CT molecular complexity index is 608. The monoisotopic (exact) mass is 309 g/mol. The summed E-state index contributed by atoms with van der Waals surface area (Å²) in [5.74, 6) is -0.629. The molecule has 1 rings (SSSR count). The molecular weight excluding hydrogens is 292 g/mol. The van der Waals surface area contributed by atoms with Crippen LogP contribution in [-0.4, -0.2) is 18.7 Å². The van der Waals surface area contributed by atoms with Crippen LogP contribution in [0.4, 0.5) is 8.78 Å². The molecule has 4 nitrogen and oxygen atoms in total. The predicted octanol–water partition coefficient (Wildman–Crippen LogP) is 3.76. The van der Waals surface area contributed by atoms with Gasteiger partial charge in [-0.1, -0.05) is 0 Å². The number of ether oxygens (including phenoxy) is 2. The van der Waals surface area contributed by atoms with Gasteiger partial charge in [0.15, 0.2) is 0 Å². The highest BCUT2D eigenvalue weighted by atomic mass is 19.3. The molecule has 0 atom stereocenters. The summed E-state index contributed by atoms with van der Waals surface area (Å²) in [6.45, 7) is 3.67. The van der Waals surface area contributed by atoms with E-state index in [2.05, 4.69) is 4.74 Å². The third kappa shape index (κ3) is 4.85. The predicted molar refractivity (Wildman–Crippen MR) is 77.4 cm³/mol. The first-order valence-corrected chi connectivity index (χ1v) is 6.63. The lowest BCUT2D eigenvalue weighted by atomic mass is 10.0. The third-order valence-electron chi connectivity index (χ3n) is 2.68. The molecule has 0 aliphatic carbocycles. The van der Waals surface area contributed by atoms with Crippen LogP contribution in [-0.2, 0) is 9.53 Å². The van der Waals surface area contributed by atoms with Gasteiger partial charge >= 0.3 is 12.6 Å². The van der Waals surface area contributed by atoms with Crippen LogP contribution in [0.15, 0.2) is 17.7 Å². The molecule has 1 aromatic rings. The Kier molecular flexibility index (Phi) is 6.05. The van der Waals surface area contributed by atoms with Crippen LogP contribution < -0.4 is 4.74 Å². The molecule has 0 aromatic heterocycles. The number of aryl methyl sites for hydroxylation is 2. The number of hydrogen-bond acceptors (Lipinski definition) is 4. The molecule has 0 aliphatic rings. The van der Waals surface area contributed by atoms with E-state index in [0.717, 1.165) is 0 Å². The van der Waals surface area contributed by atoms with E-state index in [1.54, 1.807) is 45.9 Å². The van der Waals surface area contributed by atoms with Gasteiger partial charge in [0, 0.05) is 0 Å². The van der Waals surface area contributed by atoms with Crippen LogP contribution in [0.2, 0.25) is 0 Å². The van der Waals surface area contributed by atoms with Gasteiger partial charge in [0.05, 0.1) is 6.10 Å². The number of esters is 1. The fourth-order valence-electron chi connectivity index (χ4n) is 1.92. The highest BCUT2D eigenvalue weighted by molar-refractivity contribution is 5.98. The molecule has 22 heavy (non-hydrogen) atoms. The Morgan fingerprint density at radius 2 is 1.82 bits per heavy atom. The van der Waals surface area contributed by atoms with Crippen molar-refractivity contribution in [3.63, 3.8) is 0 Å². The second-order valence-electron chi connectivity index (χ2n) is 4.99. The Morgan fingerprint density at radius 1 is 1.27 bits per heavy atom. The van der Waals surface area contributed by atoms with Crippen molar-refractivity contribution in [1.29, 1.82) is 5.26 Å². The number of halogens is 2. The molecule has 0 radical (unpaired) electrons. The summed E-state index contributed by atoms with van der Waals surface area (Å²) in [6, 6.07) is 4.90. The Hall–Kier alpha value is -2.42. The second kappa shape index (κ2) is 7.55. The average molecular weight is 309 g/mol. The van der Waals surface area contributed by atoms with E-state index in [1.165, 1.54) is 6.08 Å². The van der Waals surface area contributed by atoms with Crippen LogP contribution in [0.1, 0.15) is 30.5 Å². The van der Waals surface area contributed by atoms with Gasteiger partial charge in [0.1, 0.15) is 17.4 Å². The Labute approximate surface area is 128 Å². The summed E-state index contributed by atoms with van der Waals surface area (Å²) in [5, 5.41) is 9.04. The van der Waals surface area contributed by atoms with Crippen LogP contribution in [0.25, 0.3) is 6.08 Å². The zero-order valence-electron chi connectivity index (χ0n) is 12.8. The standard InChI is InChI=1S/C16H17F2NO3/c1-9(2)21-15(20)13(8-19)7-12-5-10(3)14(11(4)6-12)22-16(17)18/h5-7,9,16H,1-4H3/b13-7+. The van der Waals surface area contributed by atoms with Gasteiger partial charge in [-0.15, -0.1) is 0 Å². The first-order valence-electron chi connectivity index (χ1n) is 6.63. The lowest BCUT2D eigenvalue weighted by Gasteiger charge is -2.12. The molecule has 6 heteroatoms. The Balaban J connectivity index is 3.14. The van der Waals surface area contributed by atoms with Gasteiger partial charge in [-0.3, -0.25) is 0 Å². The fourth-order valence-corrected chi connectivity index (χ4v) is 1.92. The van der Waals surface area contributed by atoms with Gasteiger partial charge < -0.3 is 9.47 Å². The Morgan fingerprint density at radius 3 is 2.23 bits per heavy atom. The molecule has 0 heterocycles.